The highest BCUT2D eigenvalue weighted by atomic mass is 32.2. The summed E-state index contributed by atoms with van der Waals surface area (Å²) in [5.74, 6) is -1.05. The van der Waals surface area contributed by atoms with Crippen molar-refractivity contribution in [1.82, 2.24) is 9.71 Å². The number of aromatic nitrogens is 1. The van der Waals surface area contributed by atoms with E-state index in [-0.39, 0.29) is 10.5 Å². The monoisotopic (exact) mass is 361 g/mol. The van der Waals surface area contributed by atoms with E-state index in [0.29, 0.717) is 22.4 Å². The van der Waals surface area contributed by atoms with Gasteiger partial charge in [-0.25, -0.2) is 17.9 Å². The van der Waals surface area contributed by atoms with Crippen LogP contribution in [0.25, 0.3) is 11.1 Å². The molecular formula is C16H15N3O5S. The number of amides is 1. The zero-order chi connectivity index (χ0) is 18.2. The van der Waals surface area contributed by atoms with Crippen molar-refractivity contribution in [2.75, 3.05) is 12.4 Å². The summed E-state index contributed by atoms with van der Waals surface area (Å²) < 4.78 is 30.9. The summed E-state index contributed by atoms with van der Waals surface area (Å²) in [4.78, 5) is 26.2. The van der Waals surface area contributed by atoms with Crippen LogP contribution in [0.1, 0.15) is 15.9 Å². The lowest BCUT2D eigenvalue weighted by atomic mass is 10.1. The van der Waals surface area contributed by atoms with Gasteiger partial charge in [0.05, 0.1) is 10.4 Å². The van der Waals surface area contributed by atoms with Gasteiger partial charge in [0.2, 0.25) is 10.0 Å². The lowest BCUT2D eigenvalue weighted by Gasteiger charge is -2.10. The molecule has 0 aliphatic heterocycles. The average molecular weight is 361 g/mol. The maximum atomic E-state index is 12.5. The molecule has 0 fully saturated rings. The largest absolute Gasteiger partial charge is 0.417 e. The molecule has 130 valence electrons. The number of oxazole rings is 1. The van der Waals surface area contributed by atoms with Crippen molar-refractivity contribution in [2.45, 2.75) is 11.8 Å². The number of rotatable bonds is 4. The van der Waals surface area contributed by atoms with E-state index in [0.717, 1.165) is 0 Å². The Morgan fingerprint density at radius 3 is 2.64 bits per heavy atom. The van der Waals surface area contributed by atoms with Gasteiger partial charge in [-0.15, -0.1) is 0 Å². The second-order valence-electron chi connectivity index (χ2n) is 5.36. The molecule has 0 bridgehead atoms. The van der Waals surface area contributed by atoms with Crippen molar-refractivity contribution in [1.29, 1.82) is 0 Å². The van der Waals surface area contributed by atoms with E-state index in [1.165, 1.54) is 19.2 Å². The SMILES string of the molecule is CNS(=O)(=O)c1ccc(C)c(C(=O)Nc2ccc3oc(=O)[nH]c3c2)c1. The number of benzene rings is 2. The van der Waals surface area contributed by atoms with E-state index < -0.39 is 21.7 Å². The summed E-state index contributed by atoms with van der Waals surface area (Å²) in [7, 11) is -2.35. The molecule has 0 aliphatic carbocycles. The summed E-state index contributed by atoms with van der Waals surface area (Å²) in [6.45, 7) is 1.71. The number of carbonyl (C=O) groups excluding carboxylic acids is 1. The highest BCUT2D eigenvalue weighted by Crippen LogP contribution is 2.20. The molecule has 8 nitrogen and oxygen atoms in total. The molecule has 0 spiro atoms. The van der Waals surface area contributed by atoms with E-state index in [2.05, 4.69) is 15.0 Å². The van der Waals surface area contributed by atoms with E-state index in [4.69, 9.17) is 4.42 Å². The second-order valence-corrected chi connectivity index (χ2v) is 7.25. The first-order chi connectivity index (χ1) is 11.8. The number of sulfonamides is 1. The van der Waals surface area contributed by atoms with Gasteiger partial charge in [0, 0.05) is 11.3 Å². The predicted octanol–water partition coefficient (Wildman–Crippen LogP) is 1.59. The van der Waals surface area contributed by atoms with Gasteiger partial charge in [0.25, 0.3) is 5.91 Å². The maximum absolute atomic E-state index is 12.5. The van der Waals surface area contributed by atoms with Crippen LogP contribution in [-0.4, -0.2) is 26.4 Å². The number of aromatic amines is 1. The first-order valence-electron chi connectivity index (χ1n) is 7.28. The Bertz CT molecular complexity index is 1130. The standard InChI is InChI=1S/C16H15N3O5S/c1-9-3-5-11(25(22,23)17-2)8-12(9)15(20)18-10-4-6-14-13(7-10)19-16(21)24-14/h3-8,17H,1-2H3,(H,18,20)(H,19,21). The van der Waals surface area contributed by atoms with Crippen LogP contribution in [0.3, 0.4) is 0 Å². The van der Waals surface area contributed by atoms with Gasteiger partial charge in [-0.05, 0) is 49.9 Å². The number of hydrogen-bond donors (Lipinski definition) is 3. The van der Waals surface area contributed by atoms with Gasteiger partial charge in [0.15, 0.2) is 5.58 Å². The van der Waals surface area contributed by atoms with Crippen LogP contribution < -0.4 is 15.8 Å². The minimum Gasteiger partial charge on any atom is -0.408 e. The third-order valence-electron chi connectivity index (χ3n) is 3.71. The minimum absolute atomic E-state index is 0.000340. The number of fused-ring (bicyclic) bond motifs is 1. The lowest BCUT2D eigenvalue weighted by molar-refractivity contribution is 0.102. The van der Waals surface area contributed by atoms with Crippen LogP contribution >= 0.6 is 0 Å². The summed E-state index contributed by atoms with van der Waals surface area (Å²) in [5, 5.41) is 2.68. The second kappa shape index (κ2) is 6.19. The zero-order valence-electron chi connectivity index (χ0n) is 13.4. The van der Waals surface area contributed by atoms with Crippen LogP contribution in [0.2, 0.25) is 0 Å². The molecule has 0 aliphatic rings. The minimum atomic E-state index is -3.65. The normalized spacial score (nSPS) is 11.6. The summed E-state index contributed by atoms with van der Waals surface area (Å²) in [6, 6.07) is 9.00. The molecule has 25 heavy (non-hydrogen) atoms. The Kier molecular flexibility index (Phi) is 4.19. The van der Waals surface area contributed by atoms with Gasteiger partial charge in [-0.3, -0.25) is 9.78 Å². The van der Waals surface area contributed by atoms with Crippen molar-refractivity contribution in [2.24, 2.45) is 0 Å². The molecular weight excluding hydrogens is 346 g/mol. The van der Waals surface area contributed by atoms with Gasteiger partial charge in [-0.1, -0.05) is 6.07 Å². The van der Waals surface area contributed by atoms with Crippen molar-refractivity contribution in [3.63, 3.8) is 0 Å². The molecule has 0 radical (unpaired) electrons. The van der Waals surface area contributed by atoms with E-state index in [1.807, 2.05) is 0 Å². The number of aryl methyl sites for hydroxylation is 1. The van der Waals surface area contributed by atoms with Crippen LogP contribution in [0.4, 0.5) is 5.69 Å². The van der Waals surface area contributed by atoms with Crippen molar-refractivity contribution >= 4 is 32.7 Å². The Morgan fingerprint density at radius 1 is 1.16 bits per heavy atom. The molecule has 9 heteroatoms. The molecule has 1 heterocycles. The smallest absolute Gasteiger partial charge is 0.408 e. The fourth-order valence-electron chi connectivity index (χ4n) is 2.36. The average Bonchev–Trinajstić information content (AvgIpc) is 2.94. The zero-order valence-corrected chi connectivity index (χ0v) is 14.2. The first-order valence-corrected chi connectivity index (χ1v) is 8.77. The Labute approximate surface area is 142 Å². The van der Waals surface area contributed by atoms with E-state index in [1.54, 1.807) is 31.2 Å². The van der Waals surface area contributed by atoms with Gasteiger partial charge in [0.1, 0.15) is 0 Å². The van der Waals surface area contributed by atoms with Crippen molar-refractivity contribution in [3.05, 3.63) is 58.1 Å². The fourth-order valence-corrected chi connectivity index (χ4v) is 3.11. The predicted molar refractivity (Wildman–Crippen MR) is 92.2 cm³/mol. The quantitative estimate of drug-likeness (QED) is 0.651. The topological polar surface area (TPSA) is 121 Å². The third-order valence-corrected chi connectivity index (χ3v) is 5.12. The molecule has 1 aromatic heterocycles. The van der Waals surface area contributed by atoms with Gasteiger partial charge < -0.3 is 9.73 Å². The summed E-state index contributed by atoms with van der Waals surface area (Å²) >= 11 is 0. The maximum Gasteiger partial charge on any atom is 0.417 e. The van der Waals surface area contributed by atoms with Crippen LogP contribution in [0.15, 0.2) is 50.5 Å². The molecule has 2 aromatic carbocycles. The highest BCUT2D eigenvalue weighted by Gasteiger charge is 2.17. The number of H-pyrrole nitrogens is 1. The molecule has 0 saturated carbocycles. The van der Waals surface area contributed by atoms with Crippen LogP contribution in [0, 0.1) is 6.92 Å². The Morgan fingerprint density at radius 2 is 1.92 bits per heavy atom. The molecule has 0 unspecified atom stereocenters. The van der Waals surface area contributed by atoms with Gasteiger partial charge >= 0.3 is 5.76 Å². The van der Waals surface area contributed by atoms with E-state index in [9.17, 15) is 18.0 Å². The van der Waals surface area contributed by atoms with Gasteiger partial charge in [-0.2, -0.15) is 0 Å². The third kappa shape index (κ3) is 3.32. The molecule has 3 rings (SSSR count). The number of hydrogen-bond acceptors (Lipinski definition) is 5. The number of nitrogens with one attached hydrogen (secondary N) is 3. The first kappa shape index (κ1) is 16.9. The molecule has 0 saturated heterocycles. The summed E-state index contributed by atoms with van der Waals surface area (Å²) in [5.41, 5.74) is 2.13. The van der Waals surface area contributed by atoms with Crippen molar-refractivity contribution < 1.29 is 17.6 Å². The van der Waals surface area contributed by atoms with E-state index >= 15 is 0 Å². The Hall–Kier alpha value is -2.91. The fraction of sp³-hybridized carbons (Fsp3) is 0.125. The van der Waals surface area contributed by atoms with Crippen LogP contribution in [0.5, 0.6) is 0 Å². The lowest BCUT2D eigenvalue weighted by Crippen LogP contribution is -2.20. The number of carbonyl (C=O) groups is 1. The molecule has 3 aromatic rings. The molecule has 1 amide bonds. The number of anilines is 1. The van der Waals surface area contributed by atoms with Crippen LogP contribution in [-0.2, 0) is 10.0 Å². The highest BCUT2D eigenvalue weighted by molar-refractivity contribution is 7.89. The van der Waals surface area contributed by atoms with Crippen molar-refractivity contribution in [3.8, 4) is 0 Å². The molecule has 3 N–H and O–H groups in total. The Balaban J connectivity index is 1.94. The summed E-state index contributed by atoms with van der Waals surface area (Å²) in [6.07, 6.45) is 0. The molecule has 0 atom stereocenters.